The molecule has 21 heavy (non-hydrogen) atoms. The zero-order chi connectivity index (χ0) is 14.8. The molecule has 1 aromatic heterocycles. The fourth-order valence-corrected chi connectivity index (χ4v) is 2.66. The molecule has 0 bridgehead atoms. The summed E-state index contributed by atoms with van der Waals surface area (Å²) in [4.78, 5) is 4.42. The molecule has 0 atom stereocenters. The number of hydrogen-bond donors (Lipinski definition) is 1. The Morgan fingerprint density at radius 2 is 1.90 bits per heavy atom. The van der Waals surface area contributed by atoms with Crippen molar-refractivity contribution in [1.82, 2.24) is 4.98 Å². The summed E-state index contributed by atoms with van der Waals surface area (Å²) in [5.41, 5.74) is 3.49. The molecule has 0 amide bonds. The Morgan fingerprint density at radius 3 is 2.62 bits per heavy atom. The van der Waals surface area contributed by atoms with Crippen LogP contribution in [0.3, 0.4) is 0 Å². The van der Waals surface area contributed by atoms with Crippen LogP contribution >= 0.6 is 23.2 Å². The number of aryl methyl sites for hydroxylation is 1. The molecule has 0 radical (unpaired) electrons. The van der Waals surface area contributed by atoms with Crippen molar-refractivity contribution in [2.45, 2.75) is 19.9 Å². The van der Waals surface area contributed by atoms with E-state index in [1.54, 1.807) is 0 Å². The van der Waals surface area contributed by atoms with Crippen LogP contribution in [0.4, 0.5) is 5.69 Å². The van der Waals surface area contributed by atoms with Crippen molar-refractivity contribution in [2.24, 2.45) is 0 Å². The van der Waals surface area contributed by atoms with Gasteiger partial charge in [0.15, 0.2) is 11.5 Å². The summed E-state index contributed by atoms with van der Waals surface area (Å²) < 4.78 is 5.59. The summed E-state index contributed by atoms with van der Waals surface area (Å²) in [5, 5.41) is 4.63. The van der Waals surface area contributed by atoms with Gasteiger partial charge in [0.1, 0.15) is 5.52 Å². The van der Waals surface area contributed by atoms with E-state index < -0.39 is 0 Å². The Hall–Kier alpha value is -1.71. The minimum absolute atomic E-state index is 0.558. The first-order chi connectivity index (χ1) is 10.2. The summed E-state index contributed by atoms with van der Waals surface area (Å²) >= 11 is 12.3. The average molecular weight is 321 g/mol. The zero-order valence-corrected chi connectivity index (χ0v) is 13.0. The number of oxazole rings is 1. The van der Waals surface area contributed by atoms with E-state index in [9.17, 15) is 0 Å². The second-order valence-corrected chi connectivity index (χ2v) is 5.51. The third kappa shape index (κ3) is 2.99. The standard InChI is InChI=1S/C16H14Cl2N2O/c1-2-16-20-14-8-10(6-7-15(14)21-16)19-9-11-12(17)4-3-5-13(11)18/h3-8,19H,2,9H2,1H3. The molecule has 0 aliphatic rings. The third-order valence-electron chi connectivity index (χ3n) is 3.27. The molecule has 0 saturated carbocycles. The molecule has 1 heterocycles. The van der Waals surface area contributed by atoms with Gasteiger partial charge in [0.25, 0.3) is 0 Å². The Balaban J connectivity index is 1.82. The van der Waals surface area contributed by atoms with Crippen LogP contribution in [-0.2, 0) is 13.0 Å². The summed E-state index contributed by atoms with van der Waals surface area (Å²) in [7, 11) is 0. The molecule has 3 aromatic rings. The van der Waals surface area contributed by atoms with Gasteiger partial charge in [-0.2, -0.15) is 0 Å². The quantitative estimate of drug-likeness (QED) is 0.708. The van der Waals surface area contributed by atoms with Crippen LogP contribution in [0.25, 0.3) is 11.1 Å². The lowest BCUT2D eigenvalue weighted by molar-refractivity contribution is 0.538. The first kappa shape index (κ1) is 14.2. The van der Waals surface area contributed by atoms with Crippen LogP contribution in [0.2, 0.25) is 10.0 Å². The van der Waals surface area contributed by atoms with E-state index in [1.807, 2.05) is 43.3 Å². The molecule has 108 valence electrons. The van der Waals surface area contributed by atoms with Crippen molar-refractivity contribution >= 4 is 40.0 Å². The van der Waals surface area contributed by atoms with Crippen LogP contribution < -0.4 is 5.32 Å². The smallest absolute Gasteiger partial charge is 0.195 e. The summed E-state index contributed by atoms with van der Waals surface area (Å²) in [6.07, 6.45) is 0.784. The number of halogens is 2. The van der Waals surface area contributed by atoms with E-state index in [-0.39, 0.29) is 0 Å². The van der Waals surface area contributed by atoms with Gasteiger partial charge in [0.05, 0.1) is 0 Å². The normalized spacial score (nSPS) is 11.0. The molecular formula is C16H14Cl2N2O. The maximum atomic E-state index is 6.16. The molecule has 0 unspecified atom stereocenters. The number of nitrogens with one attached hydrogen (secondary N) is 1. The first-order valence-electron chi connectivity index (χ1n) is 6.73. The van der Waals surface area contributed by atoms with Crippen molar-refractivity contribution in [3.05, 3.63) is 57.9 Å². The second-order valence-electron chi connectivity index (χ2n) is 4.70. The molecule has 1 N–H and O–H groups in total. The molecule has 5 heteroatoms. The minimum atomic E-state index is 0.558. The Kier molecular flexibility index (Phi) is 4.04. The monoisotopic (exact) mass is 320 g/mol. The summed E-state index contributed by atoms with van der Waals surface area (Å²) in [5.74, 6) is 0.747. The number of aromatic nitrogens is 1. The van der Waals surface area contributed by atoms with Gasteiger partial charge in [-0.1, -0.05) is 36.2 Å². The van der Waals surface area contributed by atoms with E-state index >= 15 is 0 Å². The highest BCUT2D eigenvalue weighted by molar-refractivity contribution is 6.36. The van der Waals surface area contributed by atoms with Crippen LogP contribution in [0, 0.1) is 0 Å². The van der Waals surface area contributed by atoms with Gasteiger partial charge in [0.2, 0.25) is 0 Å². The predicted molar refractivity (Wildman–Crippen MR) is 87.2 cm³/mol. The molecule has 0 fully saturated rings. The number of hydrogen-bond acceptors (Lipinski definition) is 3. The zero-order valence-electron chi connectivity index (χ0n) is 11.5. The number of nitrogens with zero attached hydrogens (tertiary/aromatic N) is 1. The van der Waals surface area contributed by atoms with Gasteiger partial charge in [-0.15, -0.1) is 0 Å². The highest BCUT2D eigenvalue weighted by Crippen LogP contribution is 2.26. The maximum absolute atomic E-state index is 6.16. The van der Waals surface area contributed by atoms with Gasteiger partial charge in [-0.3, -0.25) is 0 Å². The lowest BCUT2D eigenvalue weighted by Gasteiger charge is -2.09. The molecule has 3 rings (SSSR count). The number of fused-ring (bicyclic) bond motifs is 1. The van der Waals surface area contributed by atoms with Crippen molar-refractivity contribution in [1.29, 1.82) is 0 Å². The SMILES string of the molecule is CCc1nc2cc(NCc3c(Cl)cccc3Cl)ccc2o1. The molecule has 0 saturated heterocycles. The maximum Gasteiger partial charge on any atom is 0.195 e. The highest BCUT2D eigenvalue weighted by Gasteiger charge is 2.07. The Bertz CT molecular complexity index is 763. The van der Waals surface area contributed by atoms with Gasteiger partial charge in [0, 0.05) is 34.3 Å². The molecule has 0 aliphatic carbocycles. The van der Waals surface area contributed by atoms with Crippen LogP contribution in [-0.4, -0.2) is 4.98 Å². The van der Waals surface area contributed by atoms with Crippen molar-refractivity contribution in [2.75, 3.05) is 5.32 Å². The van der Waals surface area contributed by atoms with Crippen molar-refractivity contribution in [3.8, 4) is 0 Å². The van der Waals surface area contributed by atoms with Crippen molar-refractivity contribution < 1.29 is 4.42 Å². The average Bonchev–Trinajstić information content (AvgIpc) is 2.89. The van der Waals surface area contributed by atoms with E-state index in [4.69, 9.17) is 27.6 Å². The largest absolute Gasteiger partial charge is 0.441 e. The lowest BCUT2D eigenvalue weighted by Crippen LogP contribution is -2.00. The highest BCUT2D eigenvalue weighted by atomic mass is 35.5. The first-order valence-corrected chi connectivity index (χ1v) is 7.49. The van der Waals surface area contributed by atoms with E-state index in [1.165, 1.54) is 0 Å². The number of anilines is 1. The number of rotatable bonds is 4. The Morgan fingerprint density at radius 1 is 1.14 bits per heavy atom. The number of benzene rings is 2. The van der Waals surface area contributed by atoms with Gasteiger partial charge < -0.3 is 9.73 Å². The fourth-order valence-electron chi connectivity index (χ4n) is 2.13. The molecule has 0 spiro atoms. The summed E-state index contributed by atoms with van der Waals surface area (Å²) in [6, 6.07) is 11.3. The van der Waals surface area contributed by atoms with E-state index in [0.29, 0.717) is 16.6 Å². The molecule has 3 nitrogen and oxygen atoms in total. The Labute approximate surface area is 132 Å². The van der Waals surface area contributed by atoms with Gasteiger partial charge in [-0.25, -0.2) is 4.98 Å². The van der Waals surface area contributed by atoms with Crippen molar-refractivity contribution in [3.63, 3.8) is 0 Å². The fraction of sp³-hybridized carbons (Fsp3) is 0.188. The molecular weight excluding hydrogens is 307 g/mol. The second kappa shape index (κ2) is 5.96. The minimum Gasteiger partial charge on any atom is -0.441 e. The van der Waals surface area contributed by atoms with Gasteiger partial charge >= 0.3 is 0 Å². The van der Waals surface area contributed by atoms with E-state index in [0.717, 1.165) is 34.7 Å². The lowest BCUT2D eigenvalue weighted by atomic mass is 10.2. The topological polar surface area (TPSA) is 38.1 Å². The predicted octanol–water partition coefficient (Wildman–Crippen LogP) is 5.31. The molecule has 0 aliphatic heterocycles. The van der Waals surface area contributed by atoms with Crippen LogP contribution in [0.15, 0.2) is 40.8 Å². The van der Waals surface area contributed by atoms with Crippen LogP contribution in [0.5, 0.6) is 0 Å². The molecule has 2 aromatic carbocycles. The van der Waals surface area contributed by atoms with Gasteiger partial charge in [-0.05, 0) is 30.3 Å². The third-order valence-corrected chi connectivity index (χ3v) is 3.97. The van der Waals surface area contributed by atoms with Crippen LogP contribution in [0.1, 0.15) is 18.4 Å². The van der Waals surface area contributed by atoms with E-state index in [2.05, 4.69) is 10.3 Å². The summed E-state index contributed by atoms with van der Waals surface area (Å²) in [6.45, 7) is 2.58.